The lowest BCUT2D eigenvalue weighted by Crippen LogP contribution is -2.36. The highest BCUT2D eigenvalue weighted by Crippen LogP contribution is 2.23. The zero-order chi connectivity index (χ0) is 9.97. The molecule has 2 heterocycles. The molecule has 2 unspecified atom stereocenters. The summed E-state index contributed by atoms with van der Waals surface area (Å²) in [5, 5.41) is 0. The average Bonchev–Trinajstić information content (AvgIpc) is 2.69. The minimum atomic E-state index is 0.398. The molecule has 0 bridgehead atoms. The van der Waals surface area contributed by atoms with Crippen molar-refractivity contribution in [2.45, 2.75) is 25.8 Å². The topological polar surface area (TPSA) is 31.9 Å². The van der Waals surface area contributed by atoms with E-state index in [9.17, 15) is 0 Å². The second kappa shape index (κ2) is 4.13. The van der Waals surface area contributed by atoms with Crippen molar-refractivity contribution < 1.29 is 0 Å². The Morgan fingerprint density at radius 2 is 2.57 bits per heavy atom. The van der Waals surface area contributed by atoms with Gasteiger partial charge in [-0.1, -0.05) is 0 Å². The fourth-order valence-electron chi connectivity index (χ4n) is 2.13. The Morgan fingerprint density at radius 1 is 1.71 bits per heavy atom. The van der Waals surface area contributed by atoms with E-state index in [1.807, 2.05) is 12.4 Å². The summed E-state index contributed by atoms with van der Waals surface area (Å²) in [7, 11) is 0. The first kappa shape index (κ1) is 9.71. The first-order valence-electron chi connectivity index (χ1n) is 5.34. The second-order valence-electron chi connectivity index (χ2n) is 4.15. The van der Waals surface area contributed by atoms with Gasteiger partial charge in [0.05, 0.1) is 6.04 Å². The van der Waals surface area contributed by atoms with Crippen molar-refractivity contribution in [2.75, 3.05) is 13.1 Å². The molecule has 2 rings (SSSR count). The molecule has 1 radical (unpaired) electrons. The van der Waals surface area contributed by atoms with Crippen LogP contribution in [0.1, 0.15) is 31.6 Å². The number of piperidine rings is 1. The maximum Gasteiger partial charge on any atom is 0.123 e. The molecule has 1 aliphatic heterocycles. The van der Waals surface area contributed by atoms with Crippen LogP contribution in [-0.4, -0.2) is 28.0 Å². The van der Waals surface area contributed by atoms with Gasteiger partial charge >= 0.3 is 0 Å². The van der Waals surface area contributed by atoms with Gasteiger partial charge in [0.25, 0.3) is 0 Å². The molecule has 3 heteroatoms. The summed E-state index contributed by atoms with van der Waals surface area (Å²) >= 11 is 0. The first-order chi connectivity index (χ1) is 6.77. The molecule has 0 amide bonds. The van der Waals surface area contributed by atoms with Crippen molar-refractivity contribution >= 4 is 0 Å². The number of aromatic nitrogens is 2. The second-order valence-corrected chi connectivity index (χ2v) is 4.15. The number of likely N-dealkylation sites (tertiary alicyclic amines) is 1. The molecule has 1 aromatic rings. The Bertz CT molecular complexity index is 268. The zero-order valence-corrected chi connectivity index (χ0v) is 8.74. The molecule has 0 aromatic carbocycles. The number of nitrogens with zero attached hydrogens (tertiary/aromatic N) is 2. The summed E-state index contributed by atoms with van der Waals surface area (Å²) < 4.78 is 0. The Hall–Kier alpha value is -0.830. The quantitative estimate of drug-likeness (QED) is 0.777. The summed E-state index contributed by atoms with van der Waals surface area (Å²) in [5.74, 6) is 1.65. The van der Waals surface area contributed by atoms with E-state index < -0.39 is 0 Å². The lowest BCUT2D eigenvalue weighted by molar-refractivity contribution is 0.143. The number of imidazole rings is 1. The molecule has 3 nitrogen and oxygen atoms in total. The van der Waals surface area contributed by atoms with Crippen LogP contribution in [0.5, 0.6) is 0 Å². The van der Waals surface area contributed by atoms with Crippen LogP contribution in [0.3, 0.4) is 0 Å². The molecule has 1 aromatic heterocycles. The molecule has 2 atom stereocenters. The van der Waals surface area contributed by atoms with Crippen molar-refractivity contribution in [3.63, 3.8) is 0 Å². The van der Waals surface area contributed by atoms with Crippen molar-refractivity contribution in [3.8, 4) is 0 Å². The van der Waals surface area contributed by atoms with Gasteiger partial charge in [0, 0.05) is 18.9 Å². The molecule has 1 saturated heterocycles. The van der Waals surface area contributed by atoms with Crippen molar-refractivity contribution in [2.24, 2.45) is 5.92 Å². The molecule has 0 aliphatic carbocycles. The molecule has 14 heavy (non-hydrogen) atoms. The van der Waals surface area contributed by atoms with Gasteiger partial charge in [0.15, 0.2) is 0 Å². The number of hydrogen-bond donors (Lipinski definition) is 1. The van der Waals surface area contributed by atoms with Gasteiger partial charge in [-0.2, -0.15) is 0 Å². The summed E-state index contributed by atoms with van der Waals surface area (Å²) in [6.45, 7) is 8.62. The van der Waals surface area contributed by atoms with Gasteiger partial charge in [-0.15, -0.1) is 0 Å². The van der Waals surface area contributed by atoms with Gasteiger partial charge in [0.1, 0.15) is 5.82 Å². The lowest BCUT2D eigenvalue weighted by Gasteiger charge is -2.34. The van der Waals surface area contributed by atoms with Gasteiger partial charge in [-0.3, -0.25) is 4.90 Å². The molecule has 1 aliphatic rings. The monoisotopic (exact) mass is 192 g/mol. The lowest BCUT2D eigenvalue weighted by atomic mass is 9.99. The molecule has 1 fully saturated rings. The minimum Gasteiger partial charge on any atom is -0.347 e. The predicted octanol–water partition coefficient (Wildman–Crippen LogP) is 2.02. The fourth-order valence-corrected chi connectivity index (χ4v) is 2.13. The van der Waals surface area contributed by atoms with Gasteiger partial charge in [-0.05, 0) is 39.2 Å². The highest BCUT2D eigenvalue weighted by atomic mass is 15.2. The van der Waals surface area contributed by atoms with Gasteiger partial charge in [-0.25, -0.2) is 4.98 Å². The number of H-pyrrole nitrogens is 1. The van der Waals surface area contributed by atoms with Gasteiger partial charge in [0.2, 0.25) is 0 Å². The maximum atomic E-state index is 4.30. The van der Waals surface area contributed by atoms with Crippen molar-refractivity contribution in [3.05, 3.63) is 25.1 Å². The highest BCUT2D eigenvalue weighted by Gasteiger charge is 2.22. The van der Waals surface area contributed by atoms with E-state index in [1.165, 1.54) is 19.4 Å². The van der Waals surface area contributed by atoms with Gasteiger partial charge < -0.3 is 4.98 Å². The Kier molecular flexibility index (Phi) is 2.87. The third-order valence-corrected chi connectivity index (χ3v) is 3.01. The van der Waals surface area contributed by atoms with E-state index in [-0.39, 0.29) is 0 Å². The molecule has 0 saturated carbocycles. The van der Waals surface area contributed by atoms with E-state index in [0.717, 1.165) is 12.4 Å². The average molecular weight is 192 g/mol. The van der Waals surface area contributed by atoms with Crippen LogP contribution in [0.25, 0.3) is 0 Å². The summed E-state index contributed by atoms with van der Waals surface area (Å²) in [4.78, 5) is 9.93. The third kappa shape index (κ3) is 1.98. The predicted molar refractivity (Wildman–Crippen MR) is 56.7 cm³/mol. The van der Waals surface area contributed by atoms with Crippen LogP contribution in [0.15, 0.2) is 12.4 Å². The molecule has 0 spiro atoms. The van der Waals surface area contributed by atoms with E-state index in [0.29, 0.717) is 12.0 Å². The largest absolute Gasteiger partial charge is 0.347 e. The van der Waals surface area contributed by atoms with Crippen LogP contribution in [-0.2, 0) is 0 Å². The number of aromatic amines is 1. The van der Waals surface area contributed by atoms with Crippen LogP contribution in [0.2, 0.25) is 0 Å². The number of nitrogens with one attached hydrogen (secondary N) is 1. The standard InChI is InChI=1S/C11H18N3/c1-9-4-3-7-14(8-9)10(2)11-12-5-6-13-11/h5-6,9-10H,1,3-4,7-8H2,2H3,(H,12,13). The smallest absolute Gasteiger partial charge is 0.123 e. The molecule has 77 valence electrons. The van der Waals surface area contributed by atoms with Crippen molar-refractivity contribution in [1.29, 1.82) is 0 Å². The zero-order valence-electron chi connectivity index (χ0n) is 8.74. The maximum absolute atomic E-state index is 4.30. The summed E-state index contributed by atoms with van der Waals surface area (Å²) in [6.07, 6.45) is 6.23. The first-order valence-corrected chi connectivity index (χ1v) is 5.34. The Balaban J connectivity index is 2.00. The third-order valence-electron chi connectivity index (χ3n) is 3.01. The fraction of sp³-hybridized carbons (Fsp3) is 0.636. The highest BCUT2D eigenvalue weighted by molar-refractivity contribution is 4.95. The summed E-state index contributed by atoms with van der Waals surface area (Å²) in [5.41, 5.74) is 0. The van der Waals surface area contributed by atoms with Crippen molar-refractivity contribution in [1.82, 2.24) is 14.9 Å². The van der Waals surface area contributed by atoms with E-state index in [1.54, 1.807) is 0 Å². The van der Waals surface area contributed by atoms with Crippen LogP contribution < -0.4 is 0 Å². The number of rotatable bonds is 2. The Labute approximate surface area is 85.5 Å². The Morgan fingerprint density at radius 3 is 3.21 bits per heavy atom. The normalized spacial score (nSPS) is 26.3. The van der Waals surface area contributed by atoms with E-state index >= 15 is 0 Å². The SMILES string of the molecule is [CH2]C1CCCN(C(C)c2ncc[nH]2)C1. The van der Waals surface area contributed by atoms with Crippen LogP contribution >= 0.6 is 0 Å². The van der Waals surface area contributed by atoms with E-state index in [2.05, 4.69) is 28.7 Å². The number of hydrogen-bond acceptors (Lipinski definition) is 2. The summed E-state index contributed by atoms with van der Waals surface area (Å²) in [6, 6.07) is 0.398. The van der Waals surface area contributed by atoms with E-state index in [4.69, 9.17) is 0 Å². The van der Waals surface area contributed by atoms with Crippen LogP contribution in [0.4, 0.5) is 0 Å². The minimum absolute atomic E-state index is 0.398. The van der Waals surface area contributed by atoms with Crippen LogP contribution in [0, 0.1) is 12.8 Å². The molecular weight excluding hydrogens is 174 g/mol. The molecule has 1 N–H and O–H groups in total. The molecular formula is C11H18N3.